The molecule has 0 saturated carbocycles. The van der Waals surface area contributed by atoms with Gasteiger partial charge in [0, 0.05) is 11.0 Å². The summed E-state index contributed by atoms with van der Waals surface area (Å²) in [5, 5.41) is 6.94. The molecule has 0 fully saturated rings. The van der Waals surface area contributed by atoms with E-state index in [1.54, 1.807) is 11.3 Å². The predicted molar refractivity (Wildman–Crippen MR) is 87.2 cm³/mol. The average Bonchev–Trinajstić information content (AvgIpc) is 2.95. The number of thiophene rings is 1. The largest absolute Gasteiger partial charge is 0.350 e. The number of benzene rings is 1. The number of hydrogen-bond donors (Lipinski definition) is 1. The number of nitrogens with zero attached hydrogens (tertiary/aromatic N) is 1. The normalized spacial score (nSPS) is 12.4. The summed E-state index contributed by atoms with van der Waals surface area (Å²) in [5.74, 6) is -0.714. The molecule has 2 rings (SSSR count). The van der Waals surface area contributed by atoms with Gasteiger partial charge in [0.1, 0.15) is 5.82 Å². The number of hydrogen-bond acceptors (Lipinski definition) is 3. The minimum atomic E-state index is -0.426. The number of amides is 1. The van der Waals surface area contributed by atoms with Crippen molar-refractivity contribution in [2.45, 2.75) is 6.04 Å². The zero-order valence-electron chi connectivity index (χ0n) is 11.8. The maximum atomic E-state index is 13.3. The molecular formula is C15H16BrFN2OS. The van der Waals surface area contributed by atoms with E-state index in [0.717, 1.165) is 5.56 Å². The fourth-order valence-corrected chi connectivity index (χ4v) is 3.15. The molecule has 0 spiro atoms. The van der Waals surface area contributed by atoms with Crippen molar-refractivity contribution in [1.29, 1.82) is 0 Å². The molecule has 2 aromatic rings. The van der Waals surface area contributed by atoms with E-state index in [1.807, 2.05) is 30.4 Å². The van der Waals surface area contributed by atoms with Crippen molar-refractivity contribution in [2.75, 3.05) is 20.6 Å². The van der Waals surface area contributed by atoms with Crippen molar-refractivity contribution in [3.8, 4) is 0 Å². The molecule has 6 heteroatoms. The van der Waals surface area contributed by atoms with Crippen molar-refractivity contribution in [2.24, 2.45) is 0 Å². The third-order valence-electron chi connectivity index (χ3n) is 3.18. The van der Waals surface area contributed by atoms with E-state index in [4.69, 9.17) is 0 Å². The first kappa shape index (κ1) is 16.1. The van der Waals surface area contributed by atoms with E-state index in [2.05, 4.69) is 26.6 Å². The Bertz CT molecular complexity index is 616. The van der Waals surface area contributed by atoms with Crippen LogP contribution in [0.4, 0.5) is 4.39 Å². The van der Waals surface area contributed by atoms with E-state index >= 15 is 0 Å². The van der Waals surface area contributed by atoms with E-state index < -0.39 is 5.82 Å². The molecule has 1 amide bonds. The van der Waals surface area contributed by atoms with E-state index in [0.29, 0.717) is 16.6 Å². The minimum Gasteiger partial charge on any atom is -0.350 e. The predicted octanol–water partition coefficient (Wildman–Crippen LogP) is 3.68. The van der Waals surface area contributed by atoms with Crippen LogP contribution in [-0.2, 0) is 0 Å². The molecule has 0 unspecified atom stereocenters. The van der Waals surface area contributed by atoms with Gasteiger partial charge >= 0.3 is 0 Å². The molecule has 0 aliphatic carbocycles. The molecule has 0 saturated heterocycles. The second kappa shape index (κ2) is 7.15. The highest BCUT2D eigenvalue weighted by atomic mass is 79.9. The second-order valence-corrected chi connectivity index (χ2v) is 6.50. The van der Waals surface area contributed by atoms with Gasteiger partial charge in [-0.2, -0.15) is 11.3 Å². The molecule has 0 radical (unpaired) electrons. The van der Waals surface area contributed by atoms with Gasteiger partial charge in [-0.05, 0) is 70.6 Å². The summed E-state index contributed by atoms with van der Waals surface area (Å²) < 4.78 is 13.8. The highest BCUT2D eigenvalue weighted by molar-refractivity contribution is 9.10. The summed E-state index contributed by atoms with van der Waals surface area (Å²) >= 11 is 4.89. The maximum absolute atomic E-state index is 13.3. The SMILES string of the molecule is CN(C)[C@@H](CNC(=O)c1cc(F)ccc1Br)c1ccsc1. The van der Waals surface area contributed by atoms with Crippen molar-refractivity contribution < 1.29 is 9.18 Å². The van der Waals surface area contributed by atoms with E-state index in [-0.39, 0.29) is 11.9 Å². The quantitative estimate of drug-likeness (QED) is 0.870. The minimum absolute atomic E-state index is 0.0903. The highest BCUT2D eigenvalue weighted by Crippen LogP contribution is 2.21. The Balaban J connectivity index is 2.07. The summed E-state index contributed by atoms with van der Waals surface area (Å²) in [6, 6.07) is 6.21. The van der Waals surface area contributed by atoms with Crippen LogP contribution < -0.4 is 5.32 Å². The van der Waals surface area contributed by atoms with Gasteiger partial charge in [0.15, 0.2) is 0 Å². The Morgan fingerprint density at radius 1 is 1.43 bits per heavy atom. The summed E-state index contributed by atoms with van der Waals surface area (Å²) in [4.78, 5) is 14.2. The molecule has 1 aromatic heterocycles. The summed E-state index contributed by atoms with van der Waals surface area (Å²) in [6.45, 7) is 0.464. The zero-order chi connectivity index (χ0) is 15.4. The lowest BCUT2D eigenvalue weighted by molar-refractivity contribution is 0.0940. The molecule has 1 atom stereocenters. The summed E-state index contributed by atoms with van der Waals surface area (Å²) in [7, 11) is 3.93. The van der Waals surface area contributed by atoms with Crippen LogP contribution in [0, 0.1) is 5.82 Å². The van der Waals surface area contributed by atoms with Crippen LogP contribution in [0.1, 0.15) is 22.0 Å². The third-order valence-corrected chi connectivity index (χ3v) is 4.57. The Hall–Kier alpha value is -1.24. The van der Waals surface area contributed by atoms with Gasteiger partial charge in [-0.3, -0.25) is 4.79 Å². The second-order valence-electron chi connectivity index (χ2n) is 4.87. The van der Waals surface area contributed by atoms with Crippen LogP contribution in [0.2, 0.25) is 0 Å². The Labute approximate surface area is 135 Å². The molecular weight excluding hydrogens is 355 g/mol. The average molecular weight is 371 g/mol. The molecule has 3 nitrogen and oxygen atoms in total. The monoisotopic (exact) mass is 370 g/mol. The van der Waals surface area contributed by atoms with Crippen LogP contribution in [0.5, 0.6) is 0 Å². The first-order chi connectivity index (χ1) is 9.99. The van der Waals surface area contributed by atoms with Gasteiger partial charge in [0.05, 0.1) is 11.6 Å². The van der Waals surface area contributed by atoms with Crippen LogP contribution in [-0.4, -0.2) is 31.4 Å². The van der Waals surface area contributed by atoms with Crippen LogP contribution >= 0.6 is 27.3 Å². The van der Waals surface area contributed by atoms with Gasteiger partial charge in [0.25, 0.3) is 5.91 Å². The Morgan fingerprint density at radius 2 is 2.19 bits per heavy atom. The molecule has 1 heterocycles. The van der Waals surface area contributed by atoms with Crippen molar-refractivity contribution in [3.63, 3.8) is 0 Å². The summed E-state index contributed by atoms with van der Waals surface area (Å²) in [5.41, 5.74) is 1.46. The first-order valence-electron chi connectivity index (χ1n) is 6.41. The van der Waals surface area contributed by atoms with Gasteiger partial charge in [-0.25, -0.2) is 4.39 Å². The molecule has 1 aromatic carbocycles. The van der Waals surface area contributed by atoms with Crippen molar-refractivity contribution >= 4 is 33.2 Å². The zero-order valence-corrected chi connectivity index (χ0v) is 14.2. The number of likely N-dealkylation sites (N-methyl/N-ethyl adjacent to an activating group) is 1. The van der Waals surface area contributed by atoms with E-state index in [1.165, 1.54) is 18.2 Å². The van der Waals surface area contributed by atoms with Gasteiger partial charge < -0.3 is 10.2 Å². The number of rotatable bonds is 5. The number of nitrogens with one attached hydrogen (secondary N) is 1. The van der Waals surface area contributed by atoms with Gasteiger partial charge in [0.2, 0.25) is 0 Å². The topological polar surface area (TPSA) is 32.3 Å². The molecule has 21 heavy (non-hydrogen) atoms. The Kier molecular flexibility index (Phi) is 5.50. The number of carbonyl (C=O) groups is 1. The van der Waals surface area contributed by atoms with E-state index in [9.17, 15) is 9.18 Å². The summed E-state index contributed by atoms with van der Waals surface area (Å²) in [6.07, 6.45) is 0. The maximum Gasteiger partial charge on any atom is 0.252 e. The lowest BCUT2D eigenvalue weighted by Gasteiger charge is -2.24. The number of halogens is 2. The lowest BCUT2D eigenvalue weighted by Crippen LogP contribution is -2.34. The van der Waals surface area contributed by atoms with Crippen molar-refractivity contribution in [1.82, 2.24) is 10.2 Å². The number of carbonyl (C=O) groups excluding carboxylic acids is 1. The van der Waals surface area contributed by atoms with Crippen LogP contribution in [0.15, 0.2) is 39.5 Å². The highest BCUT2D eigenvalue weighted by Gasteiger charge is 2.17. The molecule has 1 N–H and O–H groups in total. The molecule has 0 aliphatic heterocycles. The fraction of sp³-hybridized carbons (Fsp3) is 0.267. The third kappa shape index (κ3) is 4.12. The van der Waals surface area contributed by atoms with Gasteiger partial charge in [-0.1, -0.05) is 0 Å². The Morgan fingerprint density at radius 3 is 2.81 bits per heavy atom. The molecule has 0 aliphatic rings. The molecule has 112 valence electrons. The van der Waals surface area contributed by atoms with Gasteiger partial charge in [-0.15, -0.1) is 0 Å². The molecule has 0 bridgehead atoms. The fourth-order valence-electron chi connectivity index (χ4n) is 2.02. The van der Waals surface area contributed by atoms with Crippen LogP contribution in [0.3, 0.4) is 0 Å². The lowest BCUT2D eigenvalue weighted by atomic mass is 10.1. The van der Waals surface area contributed by atoms with Crippen molar-refractivity contribution in [3.05, 3.63) is 56.4 Å². The standard InChI is InChI=1S/C15H16BrFN2OS/c1-19(2)14(10-5-6-21-9-10)8-18-15(20)12-7-11(17)3-4-13(12)16/h3-7,9,14H,8H2,1-2H3,(H,18,20)/t14-/m0/s1. The van der Waals surface area contributed by atoms with Crippen LogP contribution in [0.25, 0.3) is 0 Å². The smallest absolute Gasteiger partial charge is 0.252 e. The first-order valence-corrected chi connectivity index (χ1v) is 8.14.